The number of carbonyl (C=O) groups is 1. The Hall–Kier alpha value is -0.910. The van der Waals surface area contributed by atoms with E-state index >= 15 is 0 Å². The number of fused-ring (bicyclic) bond motifs is 2. The van der Waals surface area contributed by atoms with Crippen LogP contribution in [-0.4, -0.2) is 44.2 Å². The highest BCUT2D eigenvalue weighted by Crippen LogP contribution is 2.53. The van der Waals surface area contributed by atoms with Crippen molar-refractivity contribution in [1.82, 2.24) is 0 Å². The lowest BCUT2D eigenvalue weighted by Crippen LogP contribution is -2.66. The van der Waals surface area contributed by atoms with Crippen LogP contribution in [0.2, 0.25) is 0 Å². The first kappa shape index (κ1) is 14.5. The van der Waals surface area contributed by atoms with Crippen molar-refractivity contribution in [2.75, 3.05) is 0 Å². The van der Waals surface area contributed by atoms with Gasteiger partial charge in [0.2, 0.25) is 0 Å². The Bertz CT molecular complexity index is 409. The fourth-order valence-electron chi connectivity index (χ4n) is 3.87. The number of esters is 1. The van der Waals surface area contributed by atoms with E-state index in [0.717, 1.165) is 6.08 Å². The second-order valence-corrected chi connectivity index (χ2v) is 6.40. The molecule has 0 radical (unpaired) electrons. The average molecular weight is 270 g/mol. The number of aliphatic hydroxyl groups is 3. The number of hydrogen-bond donors (Lipinski definition) is 3. The molecule has 19 heavy (non-hydrogen) atoms. The topological polar surface area (TPSA) is 87.0 Å². The SMILES string of the molecule is C=CC(=O)OC1(C)CC2(O)CC(O)CC(O)(C2)C1C. The molecule has 0 spiro atoms. The average Bonchev–Trinajstić information content (AvgIpc) is 2.23. The number of hydrogen-bond acceptors (Lipinski definition) is 5. The van der Waals surface area contributed by atoms with Crippen LogP contribution in [-0.2, 0) is 9.53 Å². The van der Waals surface area contributed by atoms with Gasteiger partial charge >= 0.3 is 5.97 Å². The standard InChI is InChI=1S/C14H22O5/c1-4-11(16)19-12(3)7-13(17)5-10(15)6-14(18,8-13)9(12)2/h4,9-10,15,17-18H,1,5-8H2,2-3H3. The predicted octanol–water partition coefficient (Wildman–Crippen LogP) is 0.521. The molecule has 0 aromatic heterocycles. The quantitative estimate of drug-likeness (QED) is 0.503. The Labute approximate surface area is 112 Å². The highest BCUT2D eigenvalue weighted by Gasteiger charge is 2.61. The van der Waals surface area contributed by atoms with E-state index in [2.05, 4.69) is 6.58 Å². The lowest BCUT2D eigenvalue weighted by molar-refractivity contribution is -0.252. The van der Waals surface area contributed by atoms with Crippen molar-refractivity contribution in [3.63, 3.8) is 0 Å². The van der Waals surface area contributed by atoms with Gasteiger partial charge < -0.3 is 20.1 Å². The van der Waals surface area contributed by atoms with E-state index in [1.807, 2.05) is 0 Å². The van der Waals surface area contributed by atoms with Gasteiger partial charge in [-0.15, -0.1) is 0 Å². The van der Waals surface area contributed by atoms with Gasteiger partial charge in [-0.2, -0.15) is 0 Å². The zero-order chi connectivity index (χ0) is 14.5. The minimum atomic E-state index is -1.22. The zero-order valence-electron chi connectivity index (χ0n) is 11.4. The molecule has 2 rings (SSSR count). The second-order valence-electron chi connectivity index (χ2n) is 6.40. The van der Waals surface area contributed by atoms with Gasteiger partial charge in [-0.05, 0) is 6.92 Å². The van der Waals surface area contributed by atoms with Crippen LogP contribution >= 0.6 is 0 Å². The molecule has 0 saturated heterocycles. The third-order valence-corrected chi connectivity index (χ3v) is 4.74. The number of carbonyl (C=O) groups excluding carboxylic acids is 1. The summed E-state index contributed by atoms with van der Waals surface area (Å²) in [6.45, 7) is 6.86. The summed E-state index contributed by atoms with van der Waals surface area (Å²) < 4.78 is 5.38. The van der Waals surface area contributed by atoms with Crippen LogP contribution in [0.3, 0.4) is 0 Å². The molecule has 0 aromatic carbocycles. The highest BCUT2D eigenvalue weighted by molar-refractivity contribution is 5.81. The van der Waals surface area contributed by atoms with Crippen molar-refractivity contribution in [3.8, 4) is 0 Å². The molecule has 5 atom stereocenters. The molecule has 5 heteroatoms. The molecule has 108 valence electrons. The van der Waals surface area contributed by atoms with E-state index in [4.69, 9.17) is 4.74 Å². The summed E-state index contributed by atoms with van der Waals surface area (Å²) in [6, 6.07) is 0. The van der Waals surface area contributed by atoms with Crippen molar-refractivity contribution in [2.45, 2.75) is 62.4 Å². The molecule has 2 bridgehead atoms. The van der Waals surface area contributed by atoms with E-state index in [9.17, 15) is 20.1 Å². The molecule has 2 fully saturated rings. The van der Waals surface area contributed by atoms with Crippen molar-refractivity contribution in [1.29, 1.82) is 0 Å². The number of ether oxygens (including phenoxy) is 1. The summed E-state index contributed by atoms with van der Waals surface area (Å²) in [4.78, 5) is 11.5. The van der Waals surface area contributed by atoms with E-state index < -0.39 is 28.9 Å². The molecule has 0 amide bonds. The van der Waals surface area contributed by atoms with Gasteiger partial charge in [-0.25, -0.2) is 4.79 Å². The van der Waals surface area contributed by atoms with Crippen LogP contribution in [0.25, 0.3) is 0 Å². The molecule has 2 aliphatic rings. The maximum Gasteiger partial charge on any atom is 0.330 e. The van der Waals surface area contributed by atoms with Gasteiger partial charge in [0.1, 0.15) is 5.60 Å². The van der Waals surface area contributed by atoms with Crippen molar-refractivity contribution >= 4 is 5.97 Å². The molecule has 0 aromatic rings. The Morgan fingerprint density at radius 3 is 2.58 bits per heavy atom. The summed E-state index contributed by atoms with van der Waals surface area (Å²) in [5.41, 5.74) is -3.39. The second kappa shape index (κ2) is 4.30. The van der Waals surface area contributed by atoms with E-state index in [1.54, 1.807) is 13.8 Å². The van der Waals surface area contributed by atoms with E-state index in [0.29, 0.717) is 0 Å². The fraction of sp³-hybridized carbons (Fsp3) is 0.786. The predicted molar refractivity (Wildman–Crippen MR) is 68.2 cm³/mol. The van der Waals surface area contributed by atoms with Crippen LogP contribution < -0.4 is 0 Å². The van der Waals surface area contributed by atoms with Gasteiger partial charge in [0.25, 0.3) is 0 Å². The lowest BCUT2D eigenvalue weighted by atomic mass is 9.56. The summed E-state index contributed by atoms with van der Waals surface area (Å²) in [5.74, 6) is -0.943. The van der Waals surface area contributed by atoms with Crippen molar-refractivity contribution < 1.29 is 24.9 Å². The molecule has 5 nitrogen and oxygen atoms in total. The fourth-order valence-corrected chi connectivity index (χ4v) is 3.87. The van der Waals surface area contributed by atoms with Gasteiger partial charge in [0.05, 0.1) is 17.3 Å². The zero-order valence-corrected chi connectivity index (χ0v) is 11.4. The first-order valence-corrected chi connectivity index (χ1v) is 6.61. The summed E-state index contributed by atoms with van der Waals surface area (Å²) >= 11 is 0. The maximum atomic E-state index is 11.5. The molecule has 0 heterocycles. The smallest absolute Gasteiger partial charge is 0.330 e. The molecule has 2 saturated carbocycles. The normalized spacial score (nSPS) is 49.5. The van der Waals surface area contributed by atoms with Gasteiger partial charge in [0.15, 0.2) is 0 Å². The van der Waals surface area contributed by atoms with E-state index in [1.165, 1.54) is 0 Å². The van der Waals surface area contributed by atoms with Crippen LogP contribution in [0.5, 0.6) is 0 Å². The monoisotopic (exact) mass is 270 g/mol. The third-order valence-electron chi connectivity index (χ3n) is 4.74. The Balaban J connectivity index is 2.33. The maximum absolute atomic E-state index is 11.5. The van der Waals surface area contributed by atoms with Crippen molar-refractivity contribution in [2.24, 2.45) is 5.92 Å². The van der Waals surface area contributed by atoms with Gasteiger partial charge in [0, 0.05) is 37.7 Å². The largest absolute Gasteiger partial charge is 0.456 e. The number of rotatable bonds is 2. The van der Waals surface area contributed by atoms with Crippen LogP contribution in [0.4, 0.5) is 0 Å². The molecule has 5 unspecified atom stereocenters. The molecule has 0 aliphatic heterocycles. The third kappa shape index (κ3) is 2.42. The summed E-state index contributed by atoms with van der Waals surface area (Å²) in [7, 11) is 0. The number of aliphatic hydroxyl groups excluding tert-OH is 1. The first-order chi connectivity index (χ1) is 8.62. The Morgan fingerprint density at radius 1 is 1.37 bits per heavy atom. The van der Waals surface area contributed by atoms with Crippen LogP contribution in [0.15, 0.2) is 12.7 Å². The first-order valence-electron chi connectivity index (χ1n) is 6.61. The van der Waals surface area contributed by atoms with Gasteiger partial charge in [-0.3, -0.25) is 0 Å². The summed E-state index contributed by atoms with van der Waals surface area (Å²) in [6.07, 6.45) is 1.15. The molecule has 3 N–H and O–H groups in total. The minimum Gasteiger partial charge on any atom is -0.456 e. The Kier molecular flexibility index (Phi) is 3.28. The molecular weight excluding hydrogens is 248 g/mol. The van der Waals surface area contributed by atoms with Crippen LogP contribution in [0, 0.1) is 5.92 Å². The molecule has 2 aliphatic carbocycles. The highest BCUT2D eigenvalue weighted by atomic mass is 16.6. The summed E-state index contributed by atoms with van der Waals surface area (Å²) in [5, 5.41) is 31.0. The Morgan fingerprint density at radius 2 is 2.00 bits per heavy atom. The van der Waals surface area contributed by atoms with Gasteiger partial charge in [-0.1, -0.05) is 13.5 Å². The van der Waals surface area contributed by atoms with Crippen molar-refractivity contribution in [3.05, 3.63) is 12.7 Å². The minimum absolute atomic E-state index is 0.192. The van der Waals surface area contributed by atoms with Crippen LogP contribution in [0.1, 0.15) is 39.5 Å². The molecular formula is C14H22O5. The lowest BCUT2D eigenvalue weighted by Gasteiger charge is -2.58. The van der Waals surface area contributed by atoms with E-state index in [-0.39, 0.29) is 31.6 Å².